The molecule has 1 heterocycles. The van der Waals surface area contributed by atoms with Crippen LogP contribution < -0.4 is 10.5 Å². The zero-order chi connectivity index (χ0) is 20.3. The summed E-state index contributed by atoms with van der Waals surface area (Å²) in [7, 11) is 3.22. The van der Waals surface area contributed by atoms with Gasteiger partial charge in [0.25, 0.3) is 5.56 Å². The topological polar surface area (TPSA) is 64.4 Å². The number of halogens is 1. The van der Waals surface area contributed by atoms with Crippen molar-refractivity contribution in [3.8, 4) is 5.69 Å². The maximum Gasteiger partial charge on any atom is 0.337 e. The third kappa shape index (κ3) is 3.87. The predicted molar refractivity (Wildman–Crippen MR) is 112 cm³/mol. The molecule has 28 heavy (non-hydrogen) atoms. The van der Waals surface area contributed by atoms with Gasteiger partial charge >= 0.3 is 5.97 Å². The van der Waals surface area contributed by atoms with Gasteiger partial charge < -0.3 is 9.64 Å². The molecule has 0 saturated carbocycles. The molecule has 0 aliphatic heterocycles. The summed E-state index contributed by atoms with van der Waals surface area (Å²) in [6.45, 7) is 2.86. The Bertz CT molecular complexity index is 1060. The Labute approximate surface area is 168 Å². The van der Waals surface area contributed by atoms with E-state index in [0.717, 1.165) is 19.4 Å². The van der Waals surface area contributed by atoms with Crippen LogP contribution >= 0.6 is 11.6 Å². The van der Waals surface area contributed by atoms with E-state index in [-0.39, 0.29) is 5.56 Å². The Hall–Kier alpha value is -2.86. The number of aromatic nitrogens is 2. The van der Waals surface area contributed by atoms with E-state index >= 15 is 0 Å². The molecule has 0 fully saturated rings. The van der Waals surface area contributed by atoms with Gasteiger partial charge in [0.05, 0.1) is 29.3 Å². The van der Waals surface area contributed by atoms with Crippen LogP contribution in [0.5, 0.6) is 0 Å². The van der Waals surface area contributed by atoms with E-state index in [9.17, 15) is 9.59 Å². The molecule has 0 amide bonds. The quantitative estimate of drug-likeness (QED) is 0.585. The van der Waals surface area contributed by atoms with E-state index in [1.54, 1.807) is 47.0 Å². The van der Waals surface area contributed by atoms with Crippen LogP contribution in [0.3, 0.4) is 0 Å². The Morgan fingerprint density at radius 3 is 2.57 bits per heavy atom. The van der Waals surface area contributed by atoms with Crippen molar-refractivity contribution in [2.24, 2.45) is 0 Å². The molecule has 0 saturated heterocycles. The number of rotatable bonds is 6. The summed E-state index contributed by atoms with van der Waals surface area (Å²) in [6, 6.07) is 11.8. The van der Waals surface area contributed by atoms with Gasteiger partial charge in [0.1, 0.15) is 0 Å². The first-order chi connectivity index (χ1) is 13.5. The van der Waals surface area contributed by atoms with Gasteiger partial charge in [-0.05, 0) is 48.9 Å². The number of esters is 1. The number of anilines is 1. The number of methoxy groups -OCH3 is 1. The van der Waals surface area contributed by atoms with E-state index in [1.807, 2.05) is 11.9 Å². The molecule has 0 radical (unpaired) electrons. The van der Waals surface area contributed by atoms with E-state index in [1.165, 1.54) is 7.11 Å². The van der Waals surface area contributed by atoms with Crippen LogP contribution in [0.1, 0.15) is 30.1 Å². The summed E-state index contributed by atoms with van der Waals surface area (Å²) in [5.74, 6) is 0.0433. The fourth-order valence-electron chi connectivity index (χ4n) is 2.99. The number of benzene rings is 2. The number of hydrogen-bond donors (Lipinski definition) is 0. The standard InChI is InChI=1S/C21H22ClN3O3/c1-4-5-12-24(2)21-23-18-13-14(20(27)28-3)6-11-17(18)19(26)25(21)16-9-7-15(22)8-10-16/h6-11,13H,4-5,12H2,1-3H3. The van der Waals surface area contributed by atoms with Crippen LogP contribution in [0.2, 0.25) is 5.02 Å². The zero-order valence-corrected chi connectivity index (χ0v) is 16.9. The molecule has 0 bridgehead atoms. The van der Waals surface area contributed by atoms with Crippen molar-refractivity contribution in [3.63, 3.8) is 0 Å². The van der Waals surface area contributed by atoms with Gasteiger partial charge in [-0.15, -0.1) is 0 Å². The summed E-state index contributed by atoms with van der Waals surface area (Å²) >= 11 is 6.01. The third-order valence-corrected chi connectivity index (χ3v) is 4.80. The smallest absolute Gasteiger partial charge is 0.337 e. The van der Waals surface area contributed by atoms with Gasteiger partial charge in [-0.3, -0.25) is 4.79 Å². The molecule has 146 valence electrons. The molecule has 1 aromatic heterocycles. The Morgan fingerprint density at radius 1 is 1.21 bits per heavy atom. The van der Waals surface area contributed by atoms with Gasteiger partial charge in [-0.1, -0.05) is 24.9 Å². The number of unbranched alkanes of at least 4 members (excludes halogenated alkanes) is 1. The minimum absolute atomic E-state index is 0.206. The van der Waals surface area contributed by atoms with Crippen molar-refractivity contribution in [2.75, 3.05) is 25.6 Å². The Kier molecular flexibility index (Phi) is 5.99. The molecule has 3 rings (SSSR count). The molecule has 2 aromatic carbocycles. The van der Waals surface area contributed by atoms with Crippen LogP contribution in [-0.2, 0) is 4.74 Å². The lowest BCUT2D eigenvalue weighted by Gasteiger charge is -2.23. The molecule has 0 unspecified atom stereocenters. The van der Waals surface area contributed by atoms with Crippen LogP contribution in [0.25, 0.3) is 16.6 Å². The molecule has 0 atom stereocenters. The van der Waals surface area contributed by atoms with E-state index in [2.05, 4.69) is 6.92 Å². The molecule has 7 heteroatoms. The highest BCUT2D eigenvalue weighted by atomic mass is 35.5. The van der Waals surface area contributed by atoms with E-state index in [4.69, 9.17) is 21.3 Å². The zero-order valence-electron chi connectivity index (χ0n) is 16.1. The van der Waals surface area contributed by atoms with E-state index < -0.39 is 5.97 Å². The SMILES string of the molecule is CCCCN(C)c1nc2cc(C(=O)OC)ccc2c(=O)n1-c1ccc(Cl)cc1. The maximum absolute atomic E-state index is 13.3. The number of hydrogen-bond acceptors (Lipinski definition) is 5. The van der Waals surface area contributed by atoms with Crippen LogP contribution in [-0.4, -0.2) is 36.2 Å². The maximum atomic E-state index is 13.3. The second-order valence-electron chi connectivity index (χ2n) is 6.53. The number of carbonyl (C=O) groups is 1. The van der Waals surface area contributed by atoms with Crippen LogP contribution in [0.15, 0.2) is 47.3 Å². The minimum Gasteiger partial charge on any atom is -0.465 e. The molecule has 3 aromatic rings. The number of nitrogens with zero attached hydrogens (tertiary/aromatic N) is 3. The van der Waals surface area contributed by atoms with Crippen LogP contribution in [0, 0.1) is 0 Å². The lowest BCUT2D eigenvalue weighted by Crippen LogP contribution is -2.30. The van der Waals surface area contributed by atoms with Gasteiger partial charge in [-0.2, -0.15) is 0 Å². The van der Waals surface area contributed by atoms with Gasteiger partial charge in [-0.25, -0.2) is 14.3 Å². The fourth-order valence-corrected chi connectivity index (χ4v) is 3.12. The summed E-state index contributed by atoms with van der Waals surface area (Å²) in [5, 5.41) is 1.02. The number of ether oxygens (including phenoxy) is 1. The van der Waals surface area contributed by atoms with Gasteiger partial charge in [0.15, 0.2) is 0 Å². The molecular weight excluding hydrogens is 378 g/mol. The lowest BCUT2D eigenvalue weighted by molar-refractivity contribution is 0.0601. The first-order valence-corrected chi connectivity index (χ1v) is 9.46. The molecule has 0 aliphatic carbocycles. The van der Waals surface area contributed by atoms with Crippen molar-refractivity contribution in [3.05, 3.63) is 63.4 Å². The summed E-state index contributed by atoms with van der Waals surface area (Å²) in [6.07, 6.45) is 1.99. The average Bonchev–Trinajstić information content (AvgIpc) is 2.71. The first-order valence-electron chi connectivity index (χ1n) is 9.08. The van der Waals surface area contributed by atoms with Gasteiger partial charge in [0, 0.05) is 18.6 Å². The highest BCUT2D eigenvalue weighted by Crippen LogP contribution is 2.21. The summed E-state index contributed by atoms with van der Waals surface area (Å²) in [5.41, 5.74) is 1.28. The monoisotopic (exact) mass is 399 g/mol. The second-order valence-corrected chi connectivity index (χ2v) is 6.96. The highest BCUT2D eigenvalue weighted by molar-refractivity contribution is 6.30. The molecular formula is C21H22ClN3O3. The number of carbonyl (C=O) groups excluding carboxylic acids is 1. The van der Waals surface area contributed by atoms with E-state index in [0.29, 0.717) is 33.1 Å². The van der Waals surface area contributed by atoms with Crippen molar-refractivity contribution in [1.29, 1.82) is 0 Å². The number of fused-ring (bicyclic) bond motifs is 1. The van der Waals surface area contributed by atoms with Crippen molar-refractivity contribution in [1.82, 2.24) is 9.55 Å². The fraction of sp³-hybridized carbons (Fsp3) is 0.286. The molecule has 0 spiro atoms. The second kappa shape index (κ2) is 8.44. The average molecular weight is 400 g/mol. The summed E-state index contributed by atoms with van der Waals surface area (Å²) in [4.78, 5) is 31.8. The Morgan fingerprint density at radius 2 is 1.93 bits per heavy atom. The minimum atomic E-state index is -0.466. The van der Waals surface area contributed by atoms with Crippen LogP contribution in [0.4, 0.5) is 5.95 Å². The van der Waals surface area contributed by atoms with Crippen molar-refractivity contribution < 1.29 is 9.53 Å². The highest BCUT2D eigenvalue weighted by Gasteiger charge is 2.17. The Balaban J connectivity index is 2.26. The van der Waals surface area contributed by atoms with Crippen molar-refractivity contribution >= 4 is 34.4 Å². The molecule has 0 N–H and O–H groups in total. The van der Waals surface area contributed by atoms with Gasteiger partial charge in [0.2, 0.25) is 5.95 Å². The first kappa shape index (κ1) is 19.9. The largest absolute Gasteiger partial charge is 0.465 e. The third-order valence-electron chi connectivity index (χ3n) is 4.55. The molecule has 0 aliphatic rings. The molecule has 6 nitrogen and oxygen atoms in total. The van der Waals surface area contributed by atoms with Crippen molar-refractivity contribution in [2.45, 2.75) is 19.8 Å². The normalized spacial score (nSPS) is 10.9. The predicted octanol–water partition coefficient (Wildman–Crippen LogP) is 4.06. The summed E-state index contributed by atoms with van der Waals surface area (Å²) < 4.78 is 6.35. The lowest BCUT2D eigenvalue weighted by atomic mass is 10.1.